The summed E-state index contributed by atoms with van der Waals surface area (Å²) in [6.45, 7) is 6.67. The van der Waals surface area contributed by atoms with Gasteiger partial charge in [-0.25, -0.2) is 8.42 Å². The molecule has 0 spiro atoms. The lowest BCUT2D eigenvalue weighted by Gasteiger charge is -2.23. The van der Waals surface area contributed by atoms with Crippen molar-refractivity contribution in [3.05, 3.63) is 0 Å². The summed E-state index contributed by atoms with van der Waals surface area (Å²) in [4.78, 5) is 0. The van der Waals surface area contributed by atoms with Crippen molar-refractivity contribution < 1.29 is 8.42 Å². The van der Waals surface area contributed by atoms with E-state index in [4.69, 9.17) is 0 Å². The van der Waals surface area contributed by atoms with Crippen LogP contribution in [0.1, 0.15) is 46.5 Å². The average Bonchev–Trinajstić information content (AvgIpc) is 2.66. The maximum Gasteiger partial charge on any atom is 0.157 e. The molecule has 0 heterocycles. The van der Waals surface area contributed by atoms with Crippen molar-refractivity contribution >= 4 is 9.84 Å². The van der Waals surface area contributed by atoms with Crippen LogP contribution in [0.3, 0.4) is 0 Å². The van der Waals surface area contributed by atoms with Crippen LogP contribution in [0, 0.1) is 0 Å². The van der Waals surface area contributed by atoms with E-state index in [1.165, 1.54) is 0 Å². The quantitative estimate of drug-likeness (QED) is 0.786. The minimum absolute atomic E-state index is 0.146. The van der Waals surface area contributed by atoms with Crippen molar-refractivity contribution in [1.29, 1.82) is 0 Å². The third kappa shape index (κ3) is 2.72. The summed E-state index contributed by atoms with van der Waals surface area (Å²) < 4.78 is 24.4. The van der Waals surface area contributed by atoms with Gasteiger partial charge >= 0.3 is 0 Å². The Morgan fingerprint density at radius 2 is 2.00 bits per heavy atom. The Balaban J connectivity index is 2.77. The predicted molar refractivity (Wildman–Crippen MR) is 63.8 cm³/mol. The Hall–Kier alpha value is -0.0900. The molecule has 1 aliphatic rings. The van der Waals surface area contributed by atoms with Gasteiger partial charge in [0.25, 0.3) is 0 Å². The summed E-state index contributed by atoms with van der Waals surface area (Å²) in [5.41, 5.74) is 0. The minimum atomic E-state index is -2.92. The smallest absolute Gasteiger partial charge is 0.157 e. The number of sulfone groups is 1. The van der Waals surface area contributed by atoms with Crippen LogP contribution in [-0.4, -0.2) is 31.5 Å². The fourth-order valence-electron chi connectivity index (χ4n) is 2.35. The van der Waals surface area contributed by atoms with Crippen LogP contribution < -0.4 is 5.32 Å². The fourth-order valence-corrected chi connectivity index (χ4v) is 4.59. The fraction of sp³-hybridized carbons (Fsp3) is 1.00. The molecule has 15 heavy (non-hydrogen) atoms. The molecule has 0 radical (unpaired) electrons. The van der Waals surface area contributed by atoms with Crippen molar-refractivity contribution in [1.82, 2.24) is 5.32 Å². The first-order chi connectivity index (χ1) is 7.04. The lowest BCUT2D eigenvalue weighted by Crippen LogP contribution is -2.43. The highest BCUT2D eigenvalue weighted by molar-refractivity contribution is 7.92. The maximum absolute atomic E-state index is 12.2. The second-order valence-corrected chi connectivity index (χ2v) is 7.03. The van der Waals surface area contributed by atoms with Crippen molar-refractivity contribution in [2.45, 2.75) is 63.0 Å². The van der Waals surface area contributed by atoms with Gasteiger partial charge in [-0.2, -0.15) is 0 Å². The Labute approximate surface area is 93.6 Å². The largest absolute Gasteiger partial charge is 0.313 e. The van der Waals surface area contributed by atoms with Crippen LogP contribution in [-0.2, 0) is 9.84 Å². The van der Waals surface area contributed by atoms with E-state index in [-0.39, 0.29) is 16.5 Å². The van der Waals surface area contributed by atoms with Gasteiger partial charge in [0.15, 0.2) is 9.84 Å². The molecule has 90 valence electrons. The number of nitrogens with one attached hydrogen (secondary N) is 1. The third-order valence-electron chi connectivity index (χ3n) is 3.48. The molecule has 0 aromatic heterocycles. The van der Waals surface area contributed by atoms with Crippen LogP contribution in [0.2, 0.25) is 0 Å². The zero-order valence-electron chi connectivity index (χ0n) is 9.99. The van der Waals surface area contributed by atoms with Crippen molar-refractivity contribution in [3.63, 3.8) is 0 Å². The summed E-state index contributed by atoms with van der Waals surface area (Å²) in [5, 5.41) is 2.96. The first-order valence-electron chi connectivity index (χ1n) is 6.00. The molecule has 1 saturated carbocycles. The molecule has 1 N–H and O–H groups in total. The van der Waals surface area contributed by atoms with E-state index in [9.17, 15) is 8.42 Å². The number of hydrogen-bond donors (Lipinski definition) is 1. The van der Waals surface area contributed by atoms with Gasteiger partial charge in [-0.3, -0.25) is 0 Å². The van der Waals surface area contributed by atoms with Gasteiger partial charge < -0.3 is 5.32 Å². The molecule has 3 nitrogen and oxygen atoms in total. The van der Waals surface area contributed by atoms with E-state index in [1.807, 2.05) is 20.8 Å². The molecule has 0 saturated heterocycles. The first kappa shape index (κ1) is 13.0. The lowest BCUT2D eigenvalue weighted by molar-refractivity contribution is 0.510. The van der Waals surface area contributed by atoms with Crippen LogP contribution in [0.4, 0.5) is 0 Å². The van der Waals surface area contributed by atoms with Crippen LogP contribution in [0.5, 0.6) is 0 Å². The summed E-state index contributed by atoms with van der Waals surface area (Å²) in [6, 6.07) is 0.189. The molecule has 0 aliphatic heterocycles. The molecule has 3 unspecified atom stereocenters. The summed E-state index contributed by atoms with van der Waals surface area (Å²) in [7, 11) is -2.92. The van der Waals surface area contributed by atoms with Crippen molar-refractivity contribution in [2.75, 3.05) is 6.54 Å². The average molecular weight is 233 g/mol. The second-order valence-electron chi connectivity index (χ2n) is 4.44. The van der Waals surface area contributed by atoms with Crippen molar-refractivity contribution in [2.24, 2.45) is 0 Å². The molecule has 1 aliphatic carbocycles. The number of rotatable bonds is 5. The maximum atomic E-state index is 12.2. The predicted octanol–water partition coefficient (Wildman–Crippen LogP) is 1.73. The molecule has 1 fully saturated rings. The van der Waals surface area contributed by atoms with E-state index < -0.39 is 9.84 Å². The molecule has 0 amide bonds. The van der Waals surface area contributed by atoms with E-state index in [0.29, 0.717) is 0 Å². The van der Waals surface area contributed by atoms with E-state index >= 15 is 0 Å². The molecule has 0 aromatic carbocycles. The van der Waals surface area contributed by atoms with Crippen LogP contribution in [0.25, 0.3) is 0 Å². The van der Waals surface area contributed by atoms with E-state index in [2.05, 4.69) is 5.32 Å². The van der Waals surface area contributed by atoms with Gasteiger partial charge in [-0.1, -0.05) is 20.3 Å². The lowest BCUT2D eigenvalue weighted by atomic mass is 10.2. The molecule has 1 rings (SSSR count). The van der Waals surface area contributed by atoms with Gasteiger partial charge in [0.2, 0.25) is 0 Å². The Morgan fingerprint density at radius 1 is 1.33 bits per heavy atom. The SMILES string of the molecule is CCNC1CCCC1S(=O)(=O)C(C)CC. The second kappa shape index (κ2) is 5.30. The highest BCUT2D eigenvalue weighted by atomic mass is 32.2. The Bertz CT molecular complexity index is 287. The van der Waals surface area contributed by atoms with Gasteiger partial charge in [-0.05, 0) is 32.7 Å². The van der Waals surface area contributed by atoms with Gasteiger partial charge in [0.05, 0.1) is 10.5 Å². The molecular formula is C11H23NO2S. The molecule has 4 heteroatoms. The summed E-state index contributed by atoms with van der Waals surface area (Å²) >= 11 is 0. The topological polar surface area (TPSA) is 46.2 Å². The van der Waals surface area contributed by atoms with Crippen molar-refractivity contribution in [3.8, 4) is 0 Å². The van der Waals surface area contributed by atoms with E-state index in [1.54, 1.807) is 0 Å². The normalized spacial score (nSPS) is 29.3. The molecular weight excluding hydrogens is 210 g/mol. The monoisotopic (exact) mass is 233 g/mol. The number of hydrogen-bond acceptors (Lipinski definition) is 3. The van der Waals surface area contributed by atoms with Gasteiger partial charge in [0, 0.05) is 6.04 Å². The van der Waals surface area contributed by atoms with Gasteiger partial charge in [0.1, 0.15) is 0 Å². The molecule has 0 bridgehead atoms. The zero-order valence-corrected chi connectivity index (χ0v) is 10.8. The van der Waals surface area contributed by atoms with E-state index in [0.717, 1.165) is 32.2 Å². The minimum Gasteiger partial charge on any atom is -0.313 e. The van der Waals surface area contributed by atoms with Crippen LogP contribution in [0.15, 0.2) is 0 Å². The summed E-state index contributed by atoms with van der Waals surface area (Å²) in [5.74, 6) is 0. The highest BCUT2D eigenvalue weighted by Gasteiger charge is 2.39. The highest BCUT2D eigenvalue weighted by Crippen LogP contribution is 2.28. The summed E-state index contributed by atoms with van der Waals surface area (Å²) in [6.07, 6.45) is 3.61. The zero-order chi connectivity index (χ0) is 11.5. The first-order valence-corrected chi connectivity index (χ1v) is 7.61. The Kier molecular flexibility index (Phi) is 4.59. The molecule has 0 aromatic rings. The standard InChI is InChI=1S/C11H23NO2S/c1-4-9(3)15(13,14)11-8-6-7-10(11)12-5-2/h9-12H,4-8H2,1-3H3. The Morgan fingerprint density at radius 3 is 2.53 bits per heavy atom. The van der Waals surface area contributed by atoms with Crippen LogP contribution >= 0.6 is 0 Å². The third-order valence-corrected chi connectivity index (χ3v) is 6.34. The van der Waals surface area contributed by atoms with Gasteiger partial charge in [-0.15, -0.1) is 0 Å². The molecule has 3 atom stereocenters.